The monoisotopic (exact) mass is 259 g/mol. The largest absolute Gasteiger partial charge is 0.435 e. The molecule has 0 amide bonds. The van der Waals surface area contributed by atoms with Gasteiger partial charge in [-0.2, -0.15) is 20.5 Å². The highest BCUT2D eigenvalue weighted by Crippen LogP contribution is 2.24. The standard InChI is InChI=1S/C12H15F2NOS/c13-12(14)16-11-3-1-10(2-4-11)15-7-9-5-6-17-8-9/h1-4,9,12,15H,5-8H2. The molecule has 2 nitrogen and oxygen atoms in total. The predicted octanol–water partition coefficient (Wildman–Crippen LogP) is 3.45. The smallest absolute Gasteiger partial charge is 0.387 e. The van der Waals surface area contributed by atoms with Crippen molar-refractivity contribution in [2.24, 2.45) is 5.92 Å². The Bertz CT molecular complexity index is 339. The molecule has 1 heterocycles. The summed E-state index contributed by atoms with van der Waals surface area (Å²) in [4.78, 5) is 0. The van der Waals surface area contributed by atoms with Crippen molar-refractivity contribution in [2.45, 2.75) is 13.0 Å². The number of hydrogen-bond donors (Lipinski definition) is 1. The van der Waals surface area contributed by atoms with E-state index in [4.69, 9.17) is 0 Å². The Hall–Kier alpha value is -0.970. The molecule has 1 N–H and O–H groups in total. The van der Waals surface area contributed by atoms with Gasteiger partial charge in [-0.25, -0.2) is 0 Å². The summed E-state index contributed by atoms with van der Waals surface area (Å²) in [6.07, 6.45) is 1.25. The zero-order chi connectivity index (χ0) is 12.1. The van der Waals surface area contributed by atoms with Gasteiger partial charge in [0.15, 0.2) is 0 Å². The van der Waals surface area contributed by atoms with E-state index in [1.54, 1.807) is 24.3 Å². The quantitative estimate of drug-likeness (QED) is 0.875. The lowest BCUT2D eigenvalue weighted by atomic mass is 10.1. The van der Waals surface area contributed by atoms with E-state index in [2.05, 4.69) is 10.1 Å². The van der Waals surface area contributed by atoms with Crippen LogP contribution in [0.1, 0.15) is 6.42 Å². The zero-order valence-corrected chi connectivity index (χ0v) is 10.2. The third-order valence-corrected chi connectivity index (χ3v) is 3.93. The Balaban J connectivity index is 1.80. The fourth-order valence-electron chi connectivity index (χ4n) is 1.76. The molecule has 1 aromatic rings. The Morgan fingerprint density at radius 3 is 2.71 bits per heavy atom. The average molecular weight is 259 g/mol. The molecule has 0 spiro atoms. The lowest BCUT2D eigenvalue weighted by Gasteiger charge is -2.11. The summed E-state index contributed by atoms with van der Waals surface area (Å²) < 4.78 is 28.1. The van der Waals surface area contributed by atoms with Crippen LogP contribution in [-0.2, 0) is 0 Å². The van der Waals surface area contributed by atoms with Gasteiger partial charge in [0.05, 0.1) is 0 Å². The number of rotatable bonds is 5. The Labute approximate surface area is 104 Å². The van der Waals surface area contributed by atoms with Gasteiger partial charge >= 0.3 is 6.61 Å². The summed E-state index contributed by atoms with van der Waals surface area (Å²) in [6, 6.07) is 6.63. The van der Waals surface area contributed by atoms with Crippen LogP contribution in [0.5, 0.6) is 5.75 Å². The van der Waals surface area contributed by atoms with Gasteiger partial charge in [-0.05, 0) is 48.1 Å². The summed E-state index contributed by atoms with van der Waals surface area (Å²) >= 11 is 1.98. The molecule has 0 saturated carbocycles. The van der Waals surface area contributed by atoms with Crippen LogP contribution in [-0.4, -0.2) is 24.7 Å². The molecule has 0 radical (unpaired) electrons. The fourth-order valence-corrected chi connectivity index (χ4v) is 3.05. The van der Waals surface area contributed by atoms with Crippen molar-refractivity contribution in [1.82, 2.24) is 0 Å². The van der Waals surface area contributed by atoms with Crippen molar-refractivity contribution in [3.05, 3.63) is 24.3 Å². The number of alkyl halides is 2. The van der Waals surface area contributed by atoms with E-state index in [9.17, 15) is 8.78 Å². The second-order valence-corrected chi connectivity index (χ2v) is 5.16. The molecule has 1 unspecified atom stereocenters. The summed E-state index contributed by atoms with van der Waals surface area (Å²) in [5, 5.41) is 3.31. The van der Waals surface area contributed by atoms with E-state index in [0.29, 0.717) is 0 Å². The molecule has 1 saturated heterocycles. The highest BCUT2D eigenvalue weighted by atomic mass is 32.2. The molecule has 94 valence electrons. The molecule has 17 heavy (non-hydrogen) atoms. The van der Waals surface area contributed by atoms with Crippen LogP contribution in [0.25, 0.3) is 0 Å². The Morgan fingerprint density at radius 1 is 1.35 bits per heavy atom. The SMILES string of the molecule is FC(F)Oc1ccc(NCC2CCSC2)cc1. The lowest BCUT2D eigenvalue weighted by molar-refractivity contribution is -0.0498. The Kier molecular flexibility index (Phi) is 4.48. The summed E-state index contributed by atoms with van der Waals surface area (Å²) in [5.41, 5.74) is 0.948. The number of nitrogens with one attached hydrogen (secondary N) is 1. The first-order valence-corrected chi connectivity index (χ1v) is 6.76. The number of hydrogen-bond acceptors (Lipinski definition) is 3. The van der Waals surface area contributed by atoms with Crippen LogP contribution in [0.2, 0.25) is 0 Å². The maximum atomic E-state index is 11.9. The van der Waals surface area contributed by atoms with E-state index in [1.807, 2.05) is 11.8 Å². The molecule has 1 fully saturated rings. The molecule has 5 heteroatoms. The number of thioether (sulfide) groups is 1. The van der Waals surface area contributed by atoms with Crippen molar-refractivity contribution in [1.29, 1.82) is 0 Å². The zero-order valence-electron chi connectivity index (χ0n) is 9.36. The molecule has 0 bridgehead atoms. The van der Waals surface area contributed by atoms with E-state index in [0.717, 1.165) is 18.2 Å². The number of benzene rings is 1. The van der Waals surface area contributed by atoms with E-state index in [1.165, 1.54) is 17.9 Å². The third-order valence-electron chi connectivity index (χ3n) is 2.70. The maximum Gasteiger partial charge on any atom is 0.387 e. The maximum absolute atomic E-state index is 11.9. The van der Waals surface area contributed by atoms with E-state index in [-0.39, 0.29) is 5.75 Å². The molecular formula is C12H15F2NOS. The minimum Gasteiger partial charge on any atom is -0.435 e. The topological polar surface area (TPSA) is 21.3 Å². The molecule has 2 rings (SSSR count). The molecule has 1 aromatic carbocycles. The molecule has 0 aliphatic carbocycles. The van der Waals surface area contributed by atoms with Crippen LogP contribution in [0.4, 0.5) is 14.5 Å². The minimum absolute atomic E-state index is 0.196. The van der Waals surface area contributed by atoms with Crippen molar-refractivity contribution in [3.63, 3.8) is 0 Å². The van der Waals surface area contributed by atoms with Crippen molar-refractivity contribution < 1.29 is 13.5 Å². The second kappa shape index (κ2) is 6.10. The van der Waals surface area contributed by atoms with Crippen molar-refractivity contribution >= 4 is 17.4 Å². The fraction of sp³-hybridized carbons (Fsp3) is 0.500. The van der Waals surface area contributed by atoms with Gasteiger partial charge in [0.2, 0.25) is 0 Å². The molecule has 1 aliphatic rings. The first-order valence-electron chi connectivity index (χ1n) is 5.60. The van der Waals surface area contributed by atoms with E-state index >= 15 is 0 Å². The van der Waals surface area contributed by atoms with Gasteiger partial charge in [-0.15, -0.1) is 0 Å². The first kappa shape index (κ1) is 12.5. The van der Waals surface area contributed by atoms with Gasteiger partial charge < -0.3 is 10.1 Å². The van der Waals surface area contributed by atoms with Gasteiger partial charge in [0.1, 0.15) is 5.75 Å². The van der Waals surface area contributed by atoms with Gasteiger partial charge in [-0.1, -0.05) is 0 Å². The number of ether oxygens (including phenoxy) is 1. The van der Waals surface area contributed by atoms with Gasteiger partial charge in [-0.3, -0.25) is 0 Å². The Morgan fingerprint density at radius 2 is 2.12 bits per heavy atom. The molecule has 1 aliphatic heterocycles. The number of halogens is 2. The number of anilines is 1. The van der Waals surface area contributed by atoms with Crippen LogP contribution in [0.3, 0.4) is 0 Å². The highest BCUT2D eigenvalue weighted by molar-refractivity contribution is 7.99. The second-order valence-electron chi connectivity index (χ2n) is 4.01. The first-order chi connectivity index (χ1) is 8.24. The van der Waals surface area contributed by atoms with Gasteiger partial charge in [0.25, 0.3) is 0 Å². The highest BCUT2D eigenvalue weighted by Gasteiger charge is 2.14. The van der Waals surface area contributed by atoms with Crippen LogP contribution < -0.4 is 10.1 Å². The molecular weight excluding hydrogens is 244 g/mol. The summed E-state index contributed by atoms with van der Waals surface area (Å²) in [7, 11) is 0. The van der Waals surface area contributed by atoms with Crippen LogP contribution in [0.15, 0.2) is 24.3 Å². The average Bonchev–Trinajstić information content (AvgIpc) is 2.80. The molecule has 1 atom stereocenters. The van der Waals surface area contributed by atoms with Gasteiger partial charge in [0, 0.05) is 12.2 Å². The molecule has 0 aromatic heterocycles. The van der Waals surface area contributed by atoms with Crippen LogP contribution in [0, 0.1) is 5.92 Å². The lowest BCUT2D eigenvalue weighted by Crippen LogP contribution is -2.13. The summed E-state index contributed by atoms with van der Waals surface area (Å²) in [5.74, 6) is 3.37. The minimum atomic E-state index is -2.76. The van der Waals surface area contributed by atoms with E-state index < -0.39 is 6.61 Å². The summed E-state index contributed by atoms with van der Waals surface area (Å²) in [6.45, 7) is -1.81. The predicted molar refractivity (Wildman–Crippen MR) is 67.0 cm³/mol. The third kappa shape index (κ3) is 4.07. The van der Waals surface area contributed by atoms with Crippen LogP contribution >= 0.6 is 11.8 Å². The van der Waals surface area contributed by atoms with Crippen molar-refractivity contribution in [3.8, 4) is 5.75 Å². The normalized spacial score (nSPS) is 19.6. The van der Waals surface area contributed by atoms with Crippen molar-refractivity contribution in [2.75, 3.05) is 23.4 Å².